The number of ether oxygens (including phenoxy) is 1. The normalized spacial score (nSPS) is 11.8. The third-order valence-corrected chi connectivity index (χ3v) is 2.16. The molecule has 0 amide bonds. The molecular weight excluding hydrogens is 196 g/mol. The van der Waals surface area contributed by atoms with Crippen molar-refractivity contribution < 1.29 is 13.2 Å². The van der Waals surface area contributed by atoms with Crippen molar-refractivity contribution in [2.75, 3.05) is 19.5 Å². The third-order valence-electron chi connectivity index (χ3n) is 0.531. The Labute approximate surface area is 56.2 Å². The van der Waals surface area contributed by atoms with Gasteiger partial charge in [0.1, 0.15) is 0 Å². The monoisotopic (exact) mass is 202 g/mol. The Kier molecular flexibility index (Phi) is 3.59. The minimum atomic E-state index is -3.00. The van der Waals surface area contributed by atoms with Crippen molar-refractivity contribution in [1.29, 1.82) is 0 Å². The largest absolute Gasteiger partial charge is 0.384 e. The summed E-state index contributed by atoms with van der Waals surface area (Å²) in [6, 6.07) is 0. The van der Waals surface area contributed by atoms with Gasteiger partial charge in [0.15, 0.2) is 0 Å². The van der Waals surface area contributed by atoms with Crippen LogP contribution in [0.5, 0.6) is 0 Å². The summed E-state index contributed by atoms with van der Waals surface area (Å²) in [5.74, 6) is 0.0312. The molecule has 0 atom stereocenters. The molecule has 0 spiro atoms. The Bertz CT molecular complexity index is 139. The molecule has 0 aromatic heterocycles. The molecule has 0 aliphatic heterocycles. The van der Waals surface area contributed by atoms with Gasteiger partial charge in [-0.25, -0.2) is 8.42 Å². The molecule has 0 N–H and O–H groups in total. The van der Waals surface area contributed by atoms with E-state index in [-0.39, 0.29) is 12.4 Å². The van der Waals surface area contributed by atoms with Crippen molar-refractivity contribution in [3.05, 3.63) is 0 Å². The van der Waals surface area contributed by atoms with E-state index in [1.165, 1.54) is 7.11 Å². The summed E-state index contributed by atoms with van der Waals surface area (Å²) in [4.78, 5) is 0. The predicted octanol–water partition coefficient (Wildman–Crippen LogP) is 0.358. The van der Waals surface area contributed by atoms with Crippen molar-refractivity contribution in [3.8, 4) is 0 Å². The fourth-order valence-corrected chi connectivity index (χ4v) is 0.945. The molecule has 0 saturated carbocycles. The van der Waals surface area contributed by atoms with E-state index in [4.69, 9.17) is 0 Å². The van der Waals surface area contributed by atoms with Gasteiger partial charge in [0.25, 0.3) is 0 Å². The van der Waals surface area contributed by atoms with Crippen LogP contribution in [-0.2, 0) is 13.0 Å². The van der Waals surface area contributed by atoms with Crippen molar-refractivity contribution >= 4 is 23.1 Å². The van der Waals surface area contributed by atoms with E-state index in [1.54, 1.807) is 0 Å². The number of rotatable bonds is 3. The summed E-state index contributed by atoms with van der Waals surface area (Å²) in [5.41, 5.74) is 0. The van der Waals surface area contributed by atoms with Gasteiger partial charge in [-0.15, -0.1) is 0 Å². The molecule has 0 aliphatic carbocycles. The molecule has 0 saturated heterocycles. The van der Waals surface area contributed by atoms with E-state index >= 15 is 0 Å². The highest BCUT2D eigenvalue weighted by Gasteiger charge is 2.01. The fourth-order valence-electron chi connectivity index (χ4n) is 0.183. The zero-order chi connectivity index (χ0) is 6.62. The molecule has 0 heterocycles. The maximum Gasteiger partial charge on any atom is 0.211 e. The third kappa shape index (κ3) is 6.39. The molecule has 5 heteroatoms. The molecule has 0 unspecified atom stereocenters. The maximum absolute atomic E-state index is 10.2. The van der Waals surface area contributed by atoms with Crippen LogP contribution in [0, 0.1) is 0 Å². The van der Waals surface area contributed by atoms with Gasteiger partial charge >= 0.3 is 0 Å². The number of hydrogen-bond donors (Lipinski definition) is 0. The molecule has 3 nitrogen and oxygen atoms in total. The first-order valence-corrected chi connectivity index (χ1v) is 5.47. The van der Waals surface area contributed by atoms with E-state index in [1.807, 2.05) is 0 Å². The highest BCUT2D eigenvalue weighted by Crippen LogP contribution is 1.98. The highest BCUT2D eigenvalue weighted by atomic mass is 79.9. The van der Waals surface area contributed by atoms with Gasteiger partial charge in [-0.1, -0.05) is 0 Å². The van der Waals surface area contributed by atoms with Crippen LogP contribution in [0.25, 0.3) is 0 Å². The summed E-state index contributed by atoms with van der Waals surface area (Å²) in [7, 11) is -1.54. The van der Waals surface area contributed by atoms with Crippen LogP contribution >= 0.6 is 14.8 Å². The maximum atomic E-state index is 10.2. The number of methoxy groups -OCH3 is 1. The Morgan fingerprint density at radius 2 is 2.12 bits per heavy atom. The van der Waals surface area contributed by atoms with Crippen molar-refractivity contribution in [1.82, 2.24) is 0 Å². The fraction of sp³-hybridized carbons (Fsp3) is 1.00. The summed E-state index contributed by atoms with van der Waals surface area (Å²) >= 11 is 2.47. The van der Waals surface area contributed by atoms with Crippen molar-refractivity contribution in [2.24, 2.45) is 0 Å². The smallest absolute Gasteiger partial charge is 0.211 e. The summed E-state index contributed by atoms with van der Waals surface area (Å²) < 4.78 is 25.0. The van der Waals surface area contributed by atoms with Crippen LogP contribution in [0.1, 0.15) is 0 Å². The Balaban J connectivity index is 3.42. The molecule has 0 bridgehead atoms. The van der Waals surface area contributed by atoms with E-state index in [0.717, 1.165) is 0 Å². The Morgan fingerprint density at radius 3 is 2.25 bits per heavy atom. The SMILES string of the molecule is COCCS(=O)(=O)Br. The van der Waals surface area contributed by atoms with Crippen LogP contribution in [0.4, 0.5) is 0 Å². The quantitative estimate of drug-likeness (QED) is 0.622. The van der Waals surface area contributed by atoms with Gasteiger partial charge in [0.2, 0.25) is 8.27 Å². The first kappa shape index (κ1) is 8.39. The molecular formula is C3H7BrO3S. The molecule has 0 aromatic rings. The van der Waals surface area contributed by atoms with Crippen LogP contribution in [0.15, 0.2) is 0 Å². The van der Waals surface area contributed by atoms with Crippen LogP contribution in [-0.4, -0.2) is 27.9 Å². The van der Waals surface area contributed by atoms with Crippen molar-refractivity contribution in [3.63, 3.8) is 0 Å². The second kappa shape index (κ2) is 3.42. The zero-order valence-electron chi connectivity index (χ0n) is 4.43. The average molecular weight is 203 g/mol. The van der Waals surface area contributed by atoms with Gasteiger partial charge in [-0.05, 0) is 0 Å². The second-order valence-corrected chi connectivity index (χ2v) is 5.68. The first-order valence-electron chi connectivity index (χ1n) is 1.97. The summed E-state index contributed by atoms with van der Waals surface area (Å²) in [6.45, 7) is 0.244. The van der Waals surface area contributed by atoms with Crippen LogP contribution < -0.4 is 0 Å². The lowest BCUT2D eigenvalue weighted by atomic mass is 10.9. The lowest BCUT2D eigenvalue weighted by Gasteiger charge is -1.91. The van der Waals surface area contributed by atoms with Crippen LogP contribution in [0.3, 0.4) is 0 Å². The average Bonchev–Trinajstić information content (AvgIpc) is 1.59. The topological polar surface area (TPSA) is 43.4 Å². The Morgan fingerprint density at radius 1 is 1.62 bits per heavy atom. The standard InChI is InChI=1S/C3H7BrO3S/c1-7-2-3-8(4,5)6/h2-3H2,1H3. The number of halogens is 1. The lowest BCUT2D eigenvalue weighted by molar-refractivity contribution is 0.217. The predicted molar refractivity (Wildman–Crippen MR) is 34.6 cm³/mol. The summed E-state index contributed by atoms with van der Waals surface area (Å²) in [6.07, 6.45) is 0. The highest BCUT2D eigenvalue weighted by molar-refractivity contribution is 9.47. The molecule has 0 fully saturated rings. The van der Waals surface area contributed by atoms with Gasteiger partial charge in [0, 0.05) is 7.11 Å². The zero-order valence-corrected chi connectivity index (χ0v) is 6.83. The second-order valence-electron chi connectivity index (χ2n) is 1.24. The molecule has 50 valence electrons. The molecule has 0 aliphatic rings. The summed E-state index contributed by atoms with van der Waals surface area (Å²) in [5, 5.41) is 0. The van der Waals surface area contributed by atoms with E-state index < -0.39 is 8.27 Å². The minimum Gasteiger partial charge on any atom is -0.384 e. The van der Waals surface area contributed by atoms with Crippen LogP contribution in [0.2, 0.25) is 0 Å². The molecule has 0 aromatic carbocycles. The van der Waals surface area contributed by atoms with E-state index in [0.29, 0.717) is 0 Å². The molecule has 8 heavy (non-hydrogen) atoms. The Hall–Kier alpha value is 0.390. The molecule has 0 rings (SSSR count). The van der Waals surface area contributed by atoms with Gasteiger partial charge < -0.3 is 4.74 Å². The lowest BCUT2D eigenvalue weighted by Crippen LogP contribution is -2.02. The van der Waals surface area contributed by atoms with Gasteiger partial charge in [0.05, 0.1) is 27.2 Å². The van der Waals surface area contributed by atoms with Gasteiger partial charge in [-0.3, -0.25) is 0 Å². The minimum absolute atomic E-state index is 0.0312. The van der Waals surface area contributed by atoms with E-state index in [2.05, 4.69) is 19.5 Å². The number of hydrogen-bond acceptors (Lipinski definition) is 3. The first-order chi connectivity index (χ1) is 3.56. The molecule has 0 radical (unpaired) electrons. The van der Waals surface area contributed by atoms with Crippen molar-refractivity contribution in [2.45, 2.75) is 0 Å². The van der Waals surface area contributed by atoms with E-state index in [9.17, 15) is 8.42 Å². The van der Waals surface area contributed by atoms with Gasteiger partial charge in [-0.2, -0.15) is 0 Å².